The summed E-state index contributed by atoms with van der Waals surface area (Å²) in [4.78, 5) is 319. The maximum atomic E-state index is 14.7. The molecule has 45 nitrogen and oxygen atoms in total. The zero-order valence-electron chi connectivity index (χ0n) is 74.8. The lowest BCUT2D eigenvalue weighted by Gasteiger charge is -2.30. The average Bonchev–Trinajstić information content (AvgIpc) is 1.66. The number of carboxylic acid groups (broad SMARTS) is 9. The number of benzene rings is 1. The summed E-state index contributed by atoms with van der Waals surface area (Å²) in [7, 11) is 0. The van der Waals surface area contributed by atoms with Gasteiger partial charge in [0.25, 0.3) is 0 Å². The summed E-state index contributed by atoms with van der Waals surface area (Å²) in [6, 6.07) is -5.18. The summed E-state index contributed by atoms with van der Waals surface area (Å²) < 4.78 is 5.66. The molecule has 1 heterocycles. The minimum Gasteiger partial charge on any atom is -0.481 e. The molecule has 1 aromatic carbocycles. The van der Waals surface area contributed by atoms with E-state index >= 15 is 0 Å². The van der Waals surface area contributed by atoms with E-state index in [-0.39, 0.29) is 99.7 Å². The number of ketones is 8. The third-order valence-corrected chi connectivity index (χ3v) is 21.8. The Labute approximate surface area is 760 Å². The first kappa shape index (κ1) is 115. The molecule has 2 rings (SSSR count). The second-order valence-corrected chi connectivity index (χ2v) is 33.7. The predicted molar refractivity (Wildman–Crippen MR) is 460 cm³/mol. The normalized spacial score (nSPS) is 15.1. The number of nitrogens with two attached hydrogens (primary N) is 2. The van der Waals surface area contributed by atoms with Gasteiger partial charge in [0.2, 0.25) is 41.4 Å². The molecule has 0 spiro atoms. The Balaban J connectivity index is 2.58. The van der Waals surface area contributed by atoms with Crippen molar-refractivity contribution in [2.75, 3.05) is 32.8 Å². The standard InChI is InChI=1S/C87H127N11O34/c1-46(2)36-63(66(102)37-47(3)4)97-85(130)64-9-7-34-98(64)86(131)55(8-6-32-92-87(89)90)39-57(100)45-132-35-33-91-80(125)56(38-49-10-12-50(13-11-49)48(5)99)44-70(106)62(22-31-79(123)124)96-84(129)54(17-26-74(113)114)43-69(105)61(21-30-78(121)122)95-83(128)53(16-25-73(111)112)42-68(104)60(20-29-77(119)120)94-82(127)52(15-24-72(109)110)41-67(103)59(19-28-76(117)118)93-81(126)51(14-23-71(107)108)40-65(101)58(88)18-27-75(115)116/h10-13,46-47,51-56,58-64H,6-9,14-45,88H2,1-5H3,(H,91,125)(H,93,126)(H,94,127)(H,95,128)(H,96,129)(H,97,130)(H,107,108)(H,109,110)(H,111,112)(H,113,114)(H,115,116)(H,117,118)(H,119,120)(H,121,122)(H,123,124)(H4,89,90,92)/t51-,52-,53-,54-,55+,56+,58+,59+,60+,61+,62+,63-,64-/m0/s1. The Morgan fingerprint density at radius 3 is 1.12 bits per heavy atom. The number of carbonyl (C=O) groups is 24. The van der Waals surface area contributed by atoms with E-state index in [2.05, 4.69) is 37.2 Å². The number of nitrogens with one attached hydrogen (secondary N) is 8. The number of rotatable bonds is 73. The van der Waals surface area contributed by atoms with Gasteiger partial charge in [0, 0.05) is 163 Å². The lowest BCUT2D eigenvalue weighted by Crippen LogP contribution is -2.52. The first-order valence-electron chi connectivity index (χ1n) is 43.6. The van der Waals surface area contributed by atoms with Crippen LogP contribution in [0.25, 0.3) is 0 Å². The molecule has 7 amide bonds. The summed E-state index contributed by atoms with van der Waals surface area (Å²) >= 11 is 0. The molecule has 1 aromatic rings. The van der Waals surface area contributed by atoms with Crippen LogP contribution >= 0.6 is 0 Å². The molecule has 0 aromatic heterocycles. The van der Waals surface area contributed by atoms with E-state index in [4.69, 9.17) is 26.7 Å². The number of hydrogen-bond acceptors (Lipinski definition) is 27. The molecule has 1 aliphatic heterocycles. The molecule has 0 unspecified atom stereocenters. The van der Waals surface area contributed by atoms with Crippen molar-refractivity contribution in [2.24, 2.45) is 58.8 Å². The SMILES string of the molecule is CC(=O)c1ccc(C[C@H](CC(=O)[C@@H](CCC(=O)O)NC(=O)[C@@H](CCC(=O)O)CC(=O)[C@@H](CCC(=O)O)NC(=O)[C@@H](CCC(=O)O)CC(=O)[C@@H](CCC(=O)O)NC(=O)[C@@H](CCC(=O)O)CC(=O)[C@@H](CCC(=O)O)NC(=O)[C@@H](CCC(=O)O)CC(=O)[C@H](N)CCC(=O)O)C(=O)NCCOCC(=O)C[C@@H](CCCNC(=N)N)C(=O)N2CCC[C@H]2C(=O)N[C@@H](CC(C)C)C(=O)CC(C)C)cc1. The zero-order valence-corrected chi connectivity index (χ0v) is 74.8. The van der Waals surface area contributed by atoms with Gasteiger partial charge >= 0.3 is 53.7 Å². The van der Waals surface area contributed by atoms with Crippen molar-refractivity contribution in [3.63, 3.8) is 0 Å². The summed E-state index contributed by atoms with van der Waals surface area (Å²) in [5.74, 6) is -37.5. The van der Waals surface area contributed by atoms with E-state index in [1.54, 1.807) is 0 Å². The molecule has 0 bridgehead atoms. The van der Waals surface area contributed by atoms with Gasteiger partial charge in [-0.05, 0) is 121 Å². The molecule has 0 aliphatic carbocycles. The van der Waals surface area contributed by atoms with Gasteiger partial charge in [0.1, 0.15) is 18.4 Å². The fraction of sp³-hybridized carbons (Fsp3) is 0.644. The first-order chi connectivity index (χ1) is 61.9. The Bertz CT molecular complexity index is 4260. The Morgan fingerprint density at radius 2 is 0.765 bits per heavy atom. The molecule has 45 heteroatoms. The zero-order chi connectivity index (χ0) is 99.8. The van der Waals surface area contributed by atoms with Crippen molar-refractivity contribution in [3.05, 3.63) is 35.4 Å². The van der Waals surface area contributed by atoms with Crippen molar-refractivity contribution in [1.29, 1.82) is 5.41 Å². The average molecular weight is 1870 g/mol. The monoisotopic (exact) mass is 1870 g/mol. The van der Waals surface area contributed by atoms with Crippen LogP contribution in [0.1, 0.15) is 243 Å². The Kier molecular flexibility index (Phi) is 52.7. The molecule has 1 saturated heterocycles. The lowest BCUT2D eigenvalue weighted by molar-refractivity contribution is -0.144. The topological polar surface area (TPSA) is 764 Å². The third kappa shape index (κ3) is 47.2. The second-order valence-electron chi connectivity index (χ2n) is 33.7. The van der Waals surface area contributed by atoms with Crippen LogP contribution in [-0.2, 0) is 121 Å². The highest BCUT2D eigenvalue weighted by atomic mass is 16.5. The largest absolute Gasteiger partial charge is 0.481 e. The highest BCUT2D eigenvalue weighted by molar-refractivity contribution is 6.01. The molecule has 1 fully saturated rings. The van der Waals surface area contributed by atoms with E-state index < -0.39 is 362 Å². The van der Waals surface area contributed by atoms with Gasteiger partial charge in [-0.15, -0.1) is 0 Å². The minimum atomic E-state index is -2.03. The maximum Gasteiger partial charge on any atom is 0.303 e. The van der Waals surface area contributed by atoms with Gasteiger partial charge in [-0.2, -0.15) is 0 Å². The van der Waals surface area contributed by atoms with Crippen LogP contribution < -0.4 is 48.7 Å². The Hall–Kier alpha value is -12.7. The van der Waals surface area contributed by atoms with Crippen molar-refractivity contribution >= 4 is 147 Å². The number of hydrogen-bond donors (Lipinski definition) is 19. The van der Waals surface area contributed by atoms with Crippen molar-refractivity contribution in [2.45, 2.75) is 276 Å². The van der Waals surface area contributed by atoms with Gasteiger partial charge in [-0.25, -0.2) is 0 Å². The summed E-state index contributed by atoms with van der Waals surface area (Å²) in [6.07, 6.45) is -18.1. The smallest absolute Gasteiger partial charge is 0.303 e. The van der Waals surface area contributed by atoms with Gasteiger partial charge in [-0.1, -0.05) is 52.0 Å². The summed E-state index contributed by atoms with van der Waals surface area (Å²) in [5, 5.41) is 112. The fourth-order valence-corrected chi connectivity index (χ4v) is 14.7. The van der Waals surface area contributed by atoms with Crippen molar-refractivity contribution in [3.8, 4) is 0 Å². The maximum absolute atomic E-state index is 14.7. The van der Waals surface area contributed by atoms with Gasteiger partial charge in [0.15, 0.2) is 46.4 Å². The Morgan fingerprint density at radius 1 is 0.409 bits per heavy atom. The highest BCUT2D eigenvalue weighted by Crippen LogP contribution is 2.28. The van der Waals surface area contributed by atoms with Crippen LogP contribution in [0.5, 0.6) is 0 Å². The van der Waals surface area contributed by atoms with Gasteiger partial charge in [0.05, 0.1) is 42.9 Å². The number of amides is 7. The number of likely N-dealkylation sites (tertiary alicyclic amines) is 1. The molecule has 1 aliphatic rings. The number of aliphatic carboxylic acids is 9. The lowest BCUT2D eigenvalue weighted by atomic mass is 9.88. The molecule has 13 atom stereocenters. The van der Waals surface area contributed by atoms with Crippen LogP contribution in [0, 0.1) is 52.8 Å². The molecule has 0 radical (unpaired) electrons. The van der Waals surface area contributed by atoms with Crippen LogP contribution in [0.15, 0.2) is 24.3 Å². The second kappa shape index (κ2) is 60.3. The molecule has 734 valence electrons. The molecule has 21 N–H and O–H groups in total. The van der Waals surface area contributed by atoms with E-state index in [1.165, 1.54) is 36.1 Å². The number of guanidine groups is 1. The first-order valence-corrected chi connectivity index (χ1v) is 43.6. The fourth-order valence-electron chi connectivity index (χ4n) is 14.7. The van der Waals surface area contributed by atoms with Crippen LogP contribution in [0.4, 0.5) is 0 Å². The number of nitrogens with zero attached hydrogens (tertiary/aromatic N) is 1. The molecule has 132 heavy (non-hydrogen) atoms. The molecule has 0 saturated carbocycles. The van der Waals surface area contributed by atoms with Crippen molar-refractivity contribution < 1.29 is 166 Å². The van der Waals surface area contributed by atoms with E-state index in [9.17, 15) is 156 Å². The molecular formula is C87H127N11O34. The predicted octanol–water partition coefficient (Wildman–Crippen LogP) is 1.47. The summed E-state index contributed by atoms with van der Waals surface area (Å²) in [5.41, 5.74) is 11.9. The van der Waals surface area contributed by atoms with Crippen molar-refractivity contribution in [1.82, 2.24) is 42.1 Å². The number of carbonyl (C=O) groups excluding carboxylic acids is 15. The number of Topliss-reactive ketones (excluding diaryl/α,β-unsaturated/α-hetero) is 8. The number of carboxylic acids is 9. The van der Waals surface area contributed by atoms with E-state index in [1.807, 2.05) is 27.7 Å². The molecular weight excluding hydrogens is 1740 g/mol. The van der Waals surface area contributed by atoms with E-state index in [0.717, 1.165) is 0 Å². The number of ether oxygens (including phenoxy) is 1. The van der Waals surface area contributed by atoms with Crippen LogP contribution in [-0.4, -0.2) is 273 Å². The van der Waals surface area contributed by atoms with Crippen LogP contribution in [0.2, 0.25) is 0 Å². The van der Waals surface area contributed by atoms with Gasteiger partial charge in [-0.3, -0.25) is 120 Å². The third-order valence-electron chi connectivity index (χ3n) is 21.8. The highest BCUT2D eigenvalue weighted by Gasteiger charge is 2.42. The summed E-state index contributed by atoms with van der Waals surface area (Å²) in [6.45, 7) is 7.91. The minimum absolute atomic E-state index is 0.0179. The van der Waals surface area contributed by atoms with Gasteiger partial charge < -0.3 is 104 Å². The quantitative estimate of drug-likeness (QED) is 0.0190. The van der Waals surface area contributed by atoms with Crippen LogP contribution in [0.3, 0.4) is 0 Å². The van der Waals surface area contributed by atoms with E-state index in [0.29, 0.717) is 18.4 Å².